The molecule has 0 aliphatic carbocycles. The van der Waals surface area contributed by atoms with Crippen molar-refractivity contribution in [3.63, 3.8) is 0 Å². The van der Waals surface area contributed by atoms with Gasteiger partial charge in [-0.2, -0.15) is 0 Å². The standard InChI is InChI=1S/C23H23NO4S/c1-4-18(23(25)28-3)21(17-11-6-5-7-12-17)24-29(26)22-19-13-9-8-10-16(19)14-15-20(22)27-2/h4-15,18,21,24H,1H2,2-3H3/t18-,21-,29-/m0/s1. The molecule has 0 aromatic heterocycles. The summed E-state index contributed by atoms with van der Waals surface area (Å²) in [6.07, 6.45) is 1.51. The van der Waals surface area contributed by atoms with Crippen molar-refractivity contribution in [2.45, 2.75) is 10.9 Å². The van der Waals surface area contributed by atoms with Gasteiger partial charge in [0.2, 0.25) is 0 Å². The Morgan fingerprint density at radius 3 is 2.38 bits per heavy atom. The van der Waals surface area contributed by atoms with Crippen molar-refractivity contribution in [3.8, 4) is 5.75 Å². The maximum atomic E-state index is 13.5. The first-order valence-corrected chi connectivity index (χ1v) is 10.2. The molecule has 0 spiro atoms. The summed E-state index contributed by atoms with van der Waals surface area (Å²) in [4.78, 5) is 12.9. The second-order valence-corrected chi connectivity index (χ2v) is 7.56. The van der Waals surface area contributed by atoms with E-state index in [0.717, 1.165) is 16.3 Å². The summed E-state index contributed by atoms with van der Waals surface area (Å²) in [6.45, 7) is 3.78. The lowest BCUT2D eigenvalue weighted by molar-refractivity contribution is -0.144. The Kier molecular flexibility index (Phi) is 6.80. The number of methoxy groups -OCH3 is 2. The molecule has 150 valence electrons. The van der Waals surface area contributed by atoms with Gasteiger partial charge in [-0.3, -0.25) is 4.79 Å². The minimum Gasteiger partial charge on any atom is -0.495 e. The van der Waals surface area contributed by atoms with E-state index < -0.39 is 28.9 Å². The molecule has 0 unspecified atom stereocenters. The average molecular weight is 410 g/mol. The highest BCUT2D eigenvalue weighted by atomic mass is 32.2. The lowest BCUT2D eigenvalue weighted by Crippen LogP contribution is -2.34. The van der Waals surface area contributed by atoms with Crippen molar-refractivity contribution < 1.29 is 18.5 Å². The first-order valence-electron chi connectivity index (χ1n) is 9.09. The molecule has 0 saturated heterocycles. The van der Waals surface area contributed by atoms with Gasteiger partial charge >= 0.3 is 5.97 Å². The van der Waals surface area contributed by atoms with Gasteiger partial charge < -0.3 is 9.47 Å². The fourth-order valence-electron chi connectivity index (χ4n) is 3.26. The number of benzene rings is 3. The zero-order chi connectivity index (χ0) is 20.8. The van der Waals surface area contributed by atoms with E-state index in [9.17, 15) is 9.00 Å². The van der Waals surface area contributed by atoms with Crippen LogP contribution in [-0.2, 0) is 20.5 Å². The molecule has 0 fully saturated rings. The van der Waals surface area contributed by atoms with E-state index in [1.165, 1.54) is 13.2 Å². The zero-order valence-corrected chi connectivity index (χ0v) is 17.1. The van der Waals surface area contributed by atoms with Crippen LogP contribution in [0.2, 0.25) is 0 Å². The minimum absolute atomic E-state index is 0.455. The van der Waals surface area contributed by atoms with Crippen LogP contribution < -0.4 is 9.46 Å². The number of carbonyl (C=O) groups excluding carboxylic acids is 1. The molecule has 5 nitrogen and oxygen atoms in total. The molecule has 29 heavy (non-hydrogen) atoms. The Morgan fingerprint density at radius 2 is 1.72 bits per heavy atom. The molecule has 0 bridgehead atoms. The Labute approximate surface area is 172 Å². The predicted molar refractivity (Wildman–Crippen MR) is 115 cm³/mol. The van der Waals surface area contributed by atoms with Gasteiger partial charge in [0.1, 0.15) is 21.6 Å². The molecule has 0 aliphatic rings. The summed E-state index contributed by atoms with van der Waals surface area (Å²) in [7, 11) is 1.20. The molecule has 3 aromatic carbocycles. The quantitative estimate of drug-likeness (QED) is 0.448. The highest BCUT2D eigenvalue weighted by Gasteiger charge is 2.30. The SMILES string of the molecule is C=C[C@H](C(=O)OC)[C@@H](N[S@@](=O)c1c(OC)ccc2ccccc12)c1ccccc1. The number of hydrogen-bond acceptors (Lipinski definition) is 4. The first-order chi connectivity index (χ1) is 14.1. The number of rotatable bonds is 8. The maximum Gasteiger partial charge on any atom is 0.314 e. The molecule has 3 rings (SSSR count). The van der Waals surface area contributed by atoms with Gasteiger partial charge in [0.15, 0.2) is 0 Å². The van der Waals surface area contributed by atoms with Crippen LogP contribution in [0, 0.1) is 5.92 Å². The van der Waals surface area contributed by atoms with Crippen LogP contribution in [0.1, 0.15) is 11.6 Å². The molecule has 1 N–H and O–H groups in total. The van der Waals surface area contributed by atoms with E-state index in [4.69, 9.17) is 9.47 Å². The summed E-state index contributed by atoms with van der Waals surface area (Å²) in [5, 5.41) is 1.76. The summed E-state index contributed by atoms with van der Waals surface area (Å²) in [6, 6.07) is 20.1. The van der Waals surface area contributed by atoms with Gasteiger partial charge in [0, 0.05) is 5.39 Å². The van der Waals surface area contributed by atoms with Crippen molar-refractivity contribution in [1.82, 2.24) is 4.72 Å². The second kappa shape index (κ2) is 9.49. The maximum absolute atomic E-state index is 13.5. The Hall–Kier alpha value is -2.96. The number of fused-ring (bicyclic) bond motifs is 1. The van der Waals surface area contributed by atoms with Gasteiger partial charge in [-0.05, 0) is 17.0 Å². The third kappa shape index (κ3) is 4.39. The number of nitrogens with one attached hydrogen (secondary N) is 1. The van der Waals surface area contributed by atoms with Gasteiger partial charge in [-0.25, -0.2) is 8.93 Å². The average Bonchev–Trinajstić information content (AvgIpc) is 2.78. The van der Waals surface area contributed by atoms with Crippen molar-refractivity contribution in [1.29, 1.82) is 0 Å². The molecule has 3 atom stereocenters. The Morgan fingerprint density at radius 1 is 1.03 bits per heavy atom. The topological polar surface area (TPSA) is 64.6 Å². The Balaban J connectivity index is 2.07. The molecule has 6 heteroatoms. The van der Waals surface area contributed by atoms with Crippen LogP contribution in [0.25, 0.3) is 10.8 Å². The van der Waals surface area contributed by atoms with Crippen LogP contribution >= 0.6 is 0 Å². The molecule has 3 aromatic rings. The van der Waals surface area contributed by atoms with E-state index >= 15 is 0 Å². The molecular formula is C23H23NO4S. The molecule has 0 heterocycles. The van der Waals surface area contributed by atoms with E-state index in [2.05, 4.69) is 11.3 Å². The van der Waals surface area contributed by atoms with Crippen LogP contribution in [0.4, 0.5) is 0 Å². The van der Waals surface area contributed by atoms with Crippen LogP contribution in [-0.4, -0.2) is 24.4 Å². The van der Waals surface area contributed by atoms with E-state index in [1.54, 1.807) is 13.2 Å². The van der Waals surface area contributed by atoms with Gasteiger partial charge in [-0.1, -0.05) is 66.7 Å². The largest absolute Gasteiger partial charge is 0.495 e. The van der Waals surface area contributed by atoms with Gasteiger partial charge in [0.25, 0.3) is 0 Å². The number of esters is 1. The fourth-order valence-corrected chi connectivity index (χ4v) is 4.61. The predicted octanol–water partition coefficient (Wildman–Crippen LogP) is 4.18. The number of ether oxygens (including phenoxy) is 2. The lowest BCUT2D eigenvalue weighted by Gasteiger charge is -2.24. The summed E-state index contributed by atoms with van der Waals surface area (Å²) in [5.74, 6) is -0.662. The molecule has 0 aliphatic heterocycles. The number of hydrogen-bond donors (Lipinski definition) is 1. The van der Waals surface area contributed by atoms with Crippen molar-refractivity contribution >= 4 is 27.7 Å². The van der Waals surface area contributed by atoms with Crippen LogP contribution in [0.5, 0.6) is 5.75 Å². The third-order valence-corrected chi connectivity index (χ3v) is 5.99. The van der Waals surface area contributed by atoms with Crippen molar-refractivity contribution in [2.24, 2.45) is 5.92 Å². The normalized spacial score (nSPS) is 14.0. The highest BCUT2D eigenvalue weighted by Crippen LogP contribution is 2.33. The minimum atomic E-state index is -1.67. The van der Waals surface area contributed by atoms with E-state index in [-0.39, 0.29) is 0 Å². The monoisotopic (exact) mass is 409 g/mol. The smallest absolute Gasteiger partial charge is 0.314 e. The molecule has 0 saturated carbocycles. The highest BCUT2D eigenvalue weighted by molar-refractivity contribution is 7.83. The van der Waals surface area contributed by atoms with E-state index in [1.807, 2.05) is 60.7 Å². The van der Waals surface area contributed by atoms with Gasteiger partial charge in [-0.15, -0.1) is 6.58 Å². The third-order valence-electron chi connectivity index (χ3n) is 4.73. The van der Waals surface area contributed by atoms with E-state index in [0.29, 0.717) is 10.6 Å². The molecule has 0 radical (unpaired) electrons. The van der Waals surface area contributed by atoms with Crippen LogP contribution in [0.3, 0.4) is 0 Å². The Bertz CT molecular complexity index is 1040. The molecule has 0 amide bonds. The molecular weight excluding hydrogens is 386 g/mol. The van der Waals surface area contributed by atoms with Crippen molar-refractivity contribution in [3.05, 3.63) is 84.9 Å². The summed E-state index contributed by atoms with van der Waals surface area (Å²) >= 11 is 0. The number of carbonyl (C=O) groups is 1. The van der Waals surface area contributed by atoms with Crippen molar-refractivity contribution in [2.75, 3.05) is 14.2 Å². The second-order valence-electron chi connectivity index (χ2n) is 6.38. The lowest BCUT2D eigenvalue weighted by atomic mass is 9.94. The van der Waals surface area contributed by atoms with Gasteiger partial charge in [0.05, 0.1) is 26.2 Å². The van der Waals surface area contributed by atoms with Crippen LogP contribution in [0.15, 0.2) is 84.3 Å². The zero-order valence-electron chi connectivity index (χ0n) is 16.3. The summed E-state index contributed by atoms with van der Waals surface area (Å²) in [5.41, 5.74) is 0.801. The fraction of sp³-hybridized carbons (Fsp3) is 0.174. The summed E-state index contributed by atoms with van der Waals surface area (Å²) < 4.78 is 27.0. The first kappa shape index (κ1) is 20.8.